The van der Waals surface area contributed by atoms with Crippen molar-refractivity contribution < 1.29 is 14.3 Å². The van der Waals surface area contributed by atoms with Gasteiger partial charge in [0.1, 0.15) is 12.2 Å². The Bertz CT molecular complexity index is 682. The van der Waals surface area contributed by atoms with Crippen LogP contribution in [0.25, 0.3) is 11.2 Å². The summed E-state index contributed by atoms with van der Waals surface area (Å²) in [7, 11) is 0.711. The van der Waals surface area contributed by atoms with Crippen molar-refractivity contribution in [1.82, 2.24) is 14.5 Å². The average Bonchev–Trinajstić information content (AvgIpc) is 2.83. The zero-order valence-corrected chi connectivity index (χ0v) is 14.7. The summed E-state index contributed by atoms with van der Waals surface area (Å²) in [5.74, 6) is 0.446. The van der Waals surface area contributed by atoms with Crippen LogP contribution in [-0.2, 0) is 16.2 Å². The van der Waals surface area contributed by atoms with Crippen LogP contribution in [0.5, 0.6) is 0 Å². The van der Waals surface area contributed by atoms with Crippen LogP contribution in [0.15, 0.2) is 12.3 Å². The van der Waals surface area contributed by atoms with E-state index in [1.165, 1.54) is 7.11 Å². The van der Waals surface area contributed by atoms with Crippen LogP contribution in [0.4, 0.5) is 0 Å². The molecule has 0 aliphatic rings. The minimum Gasteiger partial charge on any atom is -0.464 e. The lowest BCUT2D eigenvalue weighted by Crippen LogP contribution is -2.10. The quantitative estimate of drug-likeness (QED) is 0.594. The van der Waals surface area contributed by atoms with Crippen LogP contribution in [0.2, 0.25) is 5.15 Å². The summed E-state index contributed by atoms with van der Waals surface area (Å²) in [6, 6.07) is 1.77. The average molecular weight is 346 g/mol. The molecule has 0 spiro atoms. The molecule has 0 amide bonds. The summed E-state index contributed by atoms with van der Waals surface area (Å²) in [6.07, 6.45) is 8.56. The molecule has 2 aromatic rings. The number of ether oxygens (including phenoxy) is 2. The lowest BCUT2D eigenvalue weighted by Gasteiger charge is -2.24. The van der Waals surface area contributed by atoms with Crippen molar-refractivity contribution in [2.75, 3.05) is 38.2 Å². The highest BCUT2D eigenvalue weighted by Gasteiger charge is 2.17. The lowest BCUT2D eigenvalue weighted by molar-refractivity contribution is 0.0594. The highest BCUT2D eigenvalue weighted by atomic mass is 35.5. The molecule has 0 N–H and O–H groups in total. The van der Waals surface area contributed by atoms with Crippen LogP contribution in [0.1, 0.15) is 10.5 Å². The molecule has 0 aliphatic heterocycles. The van der Waals surface area contributed by atoms with Crippen LogP contribution >= 0.6 is 21.6 Å². The van der Waals surface area contributed by atoms with Crippen LogP contribution in [0, 0.1) is 0 Å². The first-order valence-electron chi connectivity index (χ1n) is 6.66. The smallest absolute Gasteiger partial charge is 0.359 e. The van der Waals surface area contributed by atoms with Gasteiger partial charge in [-0.05, 0) is 24.8 Å². The predicted molar refractivity (Wildman–Crippen MR) is 90.1 cm³/mol. The molecule has 0 radical (unpaired) electrons. The molecule has 122 valence electrons. The minimum atomic E-state index is -0.600. The molecule has 0 atom stereocenters. The largest absolute Gasteiger partial charge is 0.464 e. The molecule has 22 heavy (non-hydrogen) atoms. The van der Waals surface area contributed by atoms with Crippen molar-refractivity contribution in [3.63, 3.8) is 0 Å². The topological polar surface area (TPSA) is 66.2 Å². The standard InChI is InChI=1S/C14H20ClN3O3S/c1-20-14(19)11-12(15)17-13-10(16-11)5-6-18(13)9-21-7-8-22(2,3)4/h5-6H,7-9H2,1-4H3. The van der Waals surface area contributed by atoms with Gasteiger partial charge in [0.25, 0.3) is 0 Å². The van der Waals surface area contributed by atoms with E-state index in [4.69, 9.17) is 16.3 Å². The van der Waals surface area contributed by atoms with Gasteiger partial charge in [0.2, 0.25) is 0 Å². The first-order chi connectivity index (χ1) is 10.3. The van der Waals surface area contributed by atoms with Crippen molar-refractivity contribution in [2.45, 2.75) is 6.73 Å². The molecule has 0 fully saturated rings. The number of esters is 1. The van der Waals surface area contributed by atoms with Gasteiger partial charge in [-0.3, -0.25) is 0 Å². The van der Waals surface area contributed by atoms with Crippen molar-refractivity contribution in [3.05, 3.63) is 23.1 Å². The fraction of sp³-hybridized carbons (Fsp3) is 0.500. The van der Waals surface area contributed by atoms with Crippen molar-refractivity contribution >= 4 is 38.8 Å². The second-order valence-corrected chi connectivity index (χ2v) is 10.6. The van der Waals surface area contributed by atoms with Crippen molar-refractivity contribution in [3.8, 4) is 0 Å². The second kappa shape index (κ2) is 6.85. The number of nitrogens with zero attached hydrogens (tertiary/aromatic N) is 3. The SMILES string of the molecule is COC(=O)c1nc2ccn(COCCS(C)(C)C)c2nc1Cl. The van der Waals surface area contributed by atoms with E-state index in [2.05, 4.69) is 33.5 Å². The van der Waals surface area contributed by atoms with Crippen LogP contribution in [-0.4, -0.2) is 58.7 Å². The van der Waals surface area contributed by atoms with E-state index in [0.29, 0.717) is 24.5 Å². The molecule has 0 aromatic carbocycles. The molecule has 6 nitrogen and oxygen atoms in total. The number of fused-ring (bicyclic) bond motifs is 1. The molecule has 0 bridgehead atoms. The van der Waals surface area contributed by atoms with Gasteiger partial charge in [0, 0.05) is 11.9 Å². The van der Waals surface area contributed by atoms with Gasteiger partial charge in [-0.2, -0.15) is 0 Å². The Kier molecular flexibility index (Phi) is 5.31. The number of carbonyl (C=O) groups is 1. The van der Waals surface area contributed by atoms with Gasteiger partial charge < -0.3 is 14.0 Å². The number of rotatable bonds is 6. The van der Waals surface area contributed by atoms with E-state index in [0.717, 1.165) is 5.75 Å². The van der Waals surface area contributed by atoms with E-state index in [-0.39, 0.29) is 10.8 Å². The molecular weight excluding hydrogens is 326 g/mol. The number of halogens is 1. The van der Waals surface area contributed by atoms with Gasteiger partial charge in [-0.1, -0.05) is 11.6 Å². The first-order valence-corrected chi connectivity index (χ1v) is 10.1. The molecule has 8 heteroatoms. The fourth-order valence-electron chi connectivity index (χ4n) is 1.78. The van der Waals surface area contributed by atoms with Crippen LogP contribution in [0.3, 0.4) is 0 Å². The lowest BCUT2D eigenvalue weighted by atomic mass is 10.4. The second-order valence-electron chi connectivity index (χ2n) is 5.68. The summed E-state index contributed by atoms with van der Waals surface area (Å²) in [6.45, 7) is 1.07. The Balaban J connectivity index is 2.13. The molecule has 0 aliphatic carbocycles. The molecule has 2 rings (SSSR count). The summed E-state index contributed by atoms with van der Waals surface area (Å²) < 4.78 is 12.1. The Morgan fingerprint density at radius 3 is 2.73 bits per heavy atom. The third kappa shape index (κ3) is 4.12. The number of carbonyl (C=O) groups excluding carboxylic acids is 1. The maximum absolute atomic E-state index is 11.6. The monoisotopic (exact) mass is 345 g/mol. The molecule has 2 heterocycles. The number of aromatic nitrogens is 3. The minimum absolute atomic E-state index is 0.0201. The first kappa shape index (κ1) is 17.1. The van der Waals surface area contributed by atoms with Gasteiger partial charge in [-0.15, -0.1) is 0 Å². The van der Waals surface area contributed by atoms with E-state index >= 15 is 0 Å². The predicted octanol–water partition coefficient (Wildman–Crippen LogP) is 2.54. The number of hydrogen-bond acceptors (Lipinski definition) is 5. The van der Waals surface area contributed by atoms with E-state index in [1.54, 1.807) is 6.07 Å². The maximum Gasteiger partial charge on any atom is 0.359 e. The fourth-order valence-corrected chi connectivity index (χ4v) is 2.59. The zero-order valence-electron chi connectivity index (χ0n) is 13.1. The maximum atomic E-state index is 11.6. The molecule has 2 aromatic heterocycles. The Morgan fingerprint density at radius 1 is 1.36 bits per heavy atom. The third-order valence-corrected chi connectivity index (χ3v) is 4.65. The Morgan fingerprint density at radius 2 is 2.09 bits per heavy atom. The third-order valence-electron chi connectivity index (χ3n) is 2.99. The van der Waals surface area contributed by atoms with Crippen LogP contribution < -0.4 is 0 Å². The van der Waals surface area contributed by atoms with Crippen molar-refractivity contribution in [2.24, 2.45) is 0 Å². The molecule has 0 saturated heterocycles. The van der Waals surface area contributed by atoms with E-state index in [9.17, 15) is 4.79 Å². The summed E-state index contributed by atoms with van der Waals surface area (Å²) >= 11 is 6.00. The Labute approximate surface area is 136 Å². The van der Waals surface area contributed by atoms with Gasteiger partial charge in [0.05, 0.1) is 13.7 Å². The highest BCUT2D eigenvalue weighted by Crippen LogP contribution is 2.33. The molecular formula is C14H20ClN3O3S. The summed E-state index contributed by atoms with van der Waals surface area (Å²) in [4.78, 5) is 20.0. The summed E-state index contributed by atoms with van der Waals surface area (Å²) in [5.41, 5.74) is 1.18. The summed E-state index contributed by atoms with van der Waals surface area (Å²) in [5, 5.41) is 0.0263. The van der Waals surface area contributed by atoms with Gasteiger partial charge >= 0.3 is 5.97 Å². The number of hydrogen-bond donors (Lipinski definition) is 0. The molecule has 0 saturated carbocycles. The highest BCUT2D eigenvalue weighted by molar-refractivity contribution is 8.32. The van der Waals surface area contributed by atoms with E-state index in [1.807, 2.05) is 10.8 Å². The molecule has 0 unspecified atom stereocenters. The number of methoxy groups -OCH3 is 1. The van der Waals surface area contributed by atoms with Crippen molar-refractivity contribution in [1.29, 1.82) is 0 Å². The van der Waals surface area contributed by atoms with Gasteiger partial charge in [-0.25, -0.2) is 24.8 Å². The zero-order chi connectivity index (χ0) is 16.3. The normalized spacial score (nSPS) is 12.6. The Hall–Kier alpha value is -1.31. The van der Waals surface area contributed by atoms with E-state index < -0.39 is 16.0 Å². The van der Waals surface area contributed by atoms with Gasteiger partial charge in [0.15, 0.2) is 16.5 Å².